The molecule has 1 aromatic carbocycles. The summed E-state index contributed by atoms with van der Waals surface area (Å²) in [6.45, 7) is 11.5. The number of aromatic nitrogens is 1. The number of fused-ring (bicyclic) bond motifs is 1. The molecule has 14 nitrogen and oxygen atoms in total. The van der Waals surface area contributed by atoms with Gasteiger partial charge < -0.3 is 30.7 Å². The summed E-state index contributed by atoms with van der Waals surface area (Å²) in [4.78, 5) is 72.6. The highest BCUT2D eigenvalue weighted by atomic mass is 17.2. The maximum atomic E-state index is 13.2. The van der Waals surface area contributed by atoms with Gasteiger partial charge in [0.2, 0.25) is 5.91 Å². The fourth-order valence-electron chi connectivity index (χ4n) is 3.94. The molecule has 0 saturated carbocycles. The lowest BCUT2D eigenvalue weighted by molar-refractivity contribution is -0.257. The molecule has 0 aliphatic rings. The number of urea groups is 1. The summed E-state index contributed by atoms with van der Waals surface area (Å²) in [6.07, 6.45) is 0.932. The van der Waals surface area contributed by atoms with Crippen molar-refractivity contribution in [3.63, 3.8) is 0 Å². The maximum Gasteiger partial charge on any atom is 0.419 e. The zero-order valence-electron chi connectivity index (χ0n) is 26.2. The average Bonchev–Trinajstić information content (AvgIpc) is 3.26. The second-order valence-corrected chi connectivity index (χ2v) is 11.8. The van der Waals surface area contributed by atoms with Crippen LogP contribution in [0.25, 0.3) is 10.9 Å². The van der Waals surface area contributed by atoms with Gasteiger partial charge in [-0.15, -0.1) is 0 Å². The smallest absolute Gasteiger partial charge is 0.419 e. The SMILES string of the molecule is CN[C@@H](C)C(NC(=O)CNC(=O)NC(Cc1cn(C(=O)OC(C)(C)C)c2ccccc12)C(=O)OC(C)(C)C)C(=O)OOC. The molecule has 0 saturated heterocycles. The summed E-state index contributed by atoms with van der Waals surface area (Å²) in [6, 6.07) is 3.46. The number of amides is 3. The lowest BCUT2D eigenvalue weighted by atomic mass is 10.0. The summed E-state index contributed by atoms with van der Waals surface area (Å²) in [5.74, 6) is -2.24. The molecule has 3 atom stereocenters. The van der Waals surface area contributed by atoms with Crippen molar-refractivity contribution in [1.82, 2.24) is 25.8 Å². The number of carbonyl (C=O) groups excluding carboxylic acids is 5. The second-order valence-electron chi connectivity index (χ2n) is 11.8. The Morgan fingerprint density at radius 1 is 0.907 bits per heavy atom. The van der Waals surface area contributed by atoms with Gasteiger partial charge in [0.25, 0.3) is 0 Å². The summed E-state index contributed by atoms with van der Waals surface area (Å²) in [5.41, 5.74) is -0.444. The predicted octanol–water partition coefficient (Wildman–Crippen LogP) is 2.17. The first-order chi connectivity index (χ1) is 20.0. The van der Waals surface area contributed by atoms with Crippen molar-refractivity contribution in [2.24, 2.45) is 0 Å². The first-order valence-electron chi connectivity index (χ1n) is 13.8. The van der Waals surface area contributed by atoms with Gasteiger partial charge in [0.1, 0.15) is 23.3 Å². The zero-order chi connectivity index (χ0) is 32.5. The number of nitrogens with one attached hydrogen (secondary N) is 4. The first kappa shape index (κ1) is 35.0. The van der Waals surface area contributed by atoms with Crippen LogP contribution in [-0.2, 0) is 40.1 Å². The Bertz CT molecular complexity index is 1310. The topological polar surface area (TPSA) is 175 Å². The van der Waals surface area contributed by atoms with Crippen LogP contribution in [-0.4, -0.2) is 84.6 Å². The molecule has 238 valence electrons. The van der Waals surface area contributed by atoms with E-state index < -0.39 is 65.8 Å². The largest absolute Gasteiger partial charge is 0.458 e. The number of nitrogens with zero attached hydrogens (tertiary/aromatic N) is 1. The van der Waals surface area contributed by atoms with E-state index in [1.807, 2.05) is 0 Å². The molecule has 14 heteroatoms. The molecule has 1 aromatic heterocycles. The zero-order valence-corrected chi connectivity index (χ0v) is 26.2. The van der Waals surface area contributed by atoms with Crippen LogP contribution in [0.5, 0.6) is 0 Å². The standard InChI is InChI=1S/C29H43N5O9/c1-17(30-8)23(25(37)43-40-9)33-22(35)15-31-26(38)32-20(24(36)41-28(2,3)4)14-18-16-34(27(39)42-29(5,6)7)21-13-11-10-12-19(18)21/h10-13,16-17,20,23,30H,14-15H2,1-9H3,(H,33,35)(H2,31,32,38)/t17-,20?,23?/m0/s1. The second kappa shape index (κ2) is 14.8. The Kier molecular flexibility index (Phi) is 12.1. The van der Waals surface area contributed by atoms with Gasteiger partial charge in [-0.25, -0.2) is 19.2 Å². The van der Waals surface area contributed by atoms with E-state index in [1.165, 1.54) is 4.57 Å². The minimum absolute atomic E-state index is 0.0323. The van der Waals surface area contributed by atoms with Gasteiger partial charge >= 0.3 is 24.1 Å². The molecule has 2 unspecified atom stereocenters. The van der Waals surface area contributed by atoms with Crippen molar-refractivity contribution in [2.45, 2.75) is 84.2 Å². The fraction of sp³-hybridized carbons (Fsp3) is 0.552. The quantitative estimate of drug-likeness (QED) is 0.169. The van der Waals surface area contributed by atoms with E-state index in [-0.39, 0.29) is 6.42 Å². The highest BCUT2D eigenvalue weighted by molar-refractivity contribution is 5.93. The number of para-hydroxylation sites is 1. The minimum Gasteiger partial charge on any atom is -0.458 e. The summed E-state index contributed by atoms with van der Waals surface area (Å²) in [5, 5.41) is 10.9. The molecule has 43 heavy (non-hydrogen) atoms. The number of hydrogen-bond donors (Lipinski definition) is 4. The van der Waals surface area contributed by atoms with Crippen molar-refractivity contribution in [1.29, 1.82) is 0 Å². The van der Waals surface area contributed by atoms with Crippen LogP contribution in [0.3, 0.4) is 0 Å². The Hall–Kier alpha value is -4.17. The Morgan fingerprint density at radius 3 is 2.12 bits per heavy atom. The molecule has 0 fully saturated rings. The third-order valence-electron chi connectivity index (χ3n) is 5.91. The number of hydrogen-bond acceptors (Lipinski definition) is 10. The highest BCUT2D eigenvalue weighted by Crippen LogP contribution is 2.24. The third-order valence-corrected chi connectivity index (χ3v) is 5.91. The Balaban J connectivity index is 2.24. The molecule has 3 amide bonds. The summed E-state index contributed by atoms with van der Waals surface area (Å²) < 4.78 is 12.4. The van der Waals surface area contributed by atoms with Gasteiger partial charge in [-0.2, -0.15) is 4.89 Å². The number of rotatable bonds is 11. The number of carbonyl (C=O) groups is 5. The van der Waals surface area contributed by atoms with Crippen LogP contribution in [0.1, 0.15) is 54.0 Å². The third kappa shape index (κ3) is 10.9. The van der Waals surface area contributed by atoms with E-state index in [4.69, 9.17) is 9.47 Å². The van der Waals surface area contributed by atoms with Crippen LogP contribution in [0.15, 0.2) is 30.5 Å². The molecule has 1 heterocycles. The monoisotopic (exact) mass is 605 g/mol. The fourth-order valence-corrected chi connectivity index (χ4v) is 3.94. The molecule has 4 N–H and O–H groups in total. The Morgan fingerprint density at radius 2 is 1.53 bits per heavy atom. The van der Waals surface area contributed by atoms with Gasteiger partial charge in [0.15, 0.2) is 0 Å². The summed E-state index contributed by atoms with van der Waals surface area (Å²) >= 11 is 0. The molecule has 0 radical (unpaired) electrons. The highest BCUT2D eigenvalue weighted by Gasteiger charge is 2.31. The van der Waals surface area contributed by atoms with Crippen molar-refractivity contribution in [3.8, 4) is 0 Å². The minimum atomic E-state index is -1.19. The first-order valence-corrected chi connectivity index (χ1v) is 13.8. The number of benzene rings is 1. The molecule has 0 aliphatic carbocycles. The van der Waals surface area contributed by atoms with Gasteiger partial charge in [0, 0.05) is 24.0 Å². The predicted molar refractivity (Wildman–Crippen MR) is 157 cm³/mol. The molecule has 2 aromatic rings. The van der Waals surface area contributed by atoms with Gasteiger partial charge in [-0.3, -0.25) is 14.2 Å². The summed E-state index contributed by atoms with van der Waals surface area (Å²) in [7, 11) is 2.75. The lowest BCUT2D eigenvalue weighted by Crippen LogP contribution is -2.55. The molecular weight excluding hydrogens is 562 g/mol. The van der Waals surface area contributed by atoms with Crippen molar-refractivity contribution in [2.75, 3.05) is 20.7 Å². The molecular formula is C29H43N5O9. The van der Waals surface area contributed by atoms with Crippen LogP contribution >= 0.6 is 0 Å². The van der Waals surface area contributed by atoms with Crippen LogP contribution < -0.4 is 21.3 Å². The van der Waals surface area contributed by atoms with E-state index in [0.717, 1.165) is 7.11 Å². The number of likely N-dealkylation sites (N-methyl/N-ethyl adjacent to an activating group) is 1. The van der Waals surface area contributed by atoms with Crippen LogP contribution in [0.2, 0.25) is 0 Å². The average molecular weight is 606 g/mol. The van der Waals surface area contributed by atoms with Crippen LogP contribution in [0, 0.1) is 0 Å². The van der Waals surface area contributed by atoms with E-state index in [2.05, 4.69) is 31.0 Å². The molecule has 0 bridgehead atoms. The molecule has 0 aliphatic heterocycles. The van der Waals surface area contributed by atoms with E-state index in [9.17, 15) is 24.0 Å². The number of esters is 1. The van der Waals surface area contributed by atoms with E-state index in [1.54, 1.807) is 86.0 Å². The normalized spacial score (nSPS) is 13.8. The van der Waals surface area contributed by atoms with Crippen LogP contribution in [0.4, 0.5) is 9.59 Å². The van der Waals surface area contributed by atoms with E-state index >= 15 is 0 Å². The number of ether oxygens (including phenoxy) is 2. The molecule has 2 rings (SSSR count). The van der Waals surface area contributed by atoms with E-state index in [0.29, 0.717) is 16.5 Å². The molecule has 0 spiro atoms. The van der Waals surface area contributed by atoms with Gasteiger partial charge in [0.05, 0.1) is 19.2 Å². The Labute approximate surface area is 251 Å². The maximum absolute atomic E-state index is 13.2. The van der Waals surface area contributed by atoms with Crippen molar-refractivity contribution in [3.05, 3.63) is 36.0 Å². The van der Waals surface area contributed by atoms with Crippen molar-refractivity contribution >= 4 is 40.9 Å². The van der Waals surface area contributed by atoms with Gasteiger partial charge in [-0.1, -0.05) is 18.2 Å². The van der Waals surface area contributed by atoms with Gasteiger partial charge in [-0.05, 0) is 67.1 Å². The lowest BCUT2D eigenvalue weighted by Gasteiger charge is -2.25. The van der Waals surface area contributed by atoms with Crippen molar-refractivity contribution < 1.29 is 43.2 Å².